The normalized spacial score (nSPS) is 10.5. The van der Waals surface area contributed by atoms with E-state index in [4.69, 9.17) is 9.47 Å². The summed E-state index contributed by atoms with van der Waals surface area (Å²) in [5.41, 5.74) is 2.14. The minimum atomic E-state index is -0.167. The van der Waals surface area contributed by atoms with Gasteiger partial charge in [0.15, 0.2) is 0 Å². The molecule has 4 heteroatoms. The molecule has 138 valence electrons. The van der Waals surface area contributed by atoms with E-state index in [1.54, 1.807) is 6.07 Å². The number of carbonyl (C=O) groups is 1. The van der Waals surface area contributed by atoms with Crippen LogP contribution in [-0.4, -0.2) is 12.0 Å². The molecule has 0 fully saturated rings. The number of para-hydroxylation sites is 1. The maximum atomic E-state index is 12.7. The monoisotopic (exact) mass is 361 g/mol. The molecule has 0 aliphatic rings. The Balaban J connectivity index is 1.67. The van der Waals surface area contributed by atoms with Gasteiger partial charge < -0.3 is 14.8 Å². The first kappa shape index (κ1) is 18.5. The Labute approximate surface area is 159 Å². The zero-order chi connectivity index (χ0) is 19.1. The lowest BCUT2D eigenvalue weighted by atomic mass is 10.1. The van der Waals surface area contributed by atoms with Gasteiger partial charge in [0, 0.05) is 16.8 Å². The lowest BCUT2D eigenvalue weighted by molar-refractivity contribution is 0.102. The van der Waals surface area contributed by atoms with E-state index >= 15 is 0 Å². The summed E-state index contributed by atoms with van der Waals surface area (Å²) < 4.78 is 11.4. The van der Waals surface area contributed by atoms with Gasteiger partial charge in [-0.2, -0.15) is 0 Å². The summed E-state index contributed by atoms with van der Waals surface area (Å²) in [5, 5.41) is 2.93. The second-order valence-electron chi connectivity index (χ2n) is 6.40. The number of rotatable bonds is 7. The molecule has 27 heavy (non-hydrogen) atoms. The SMILES string of the molecule is CC(C)Oc1ccc(NC(=O)c2ccccc2COc2ccccc2)cc1. The molecule has 3 rings (SSSR count). The van der Waals surface area contributed by atoms with Gasteiger partial charge in [-0.25, -0.2) is 0 Å². The Morgan fingerprint density at radius 1 is 0.852 bits per heavy atom. The van der Waals surface area contributed by atoms with Gasteiger partial charge in [-0.15, -0.1) is 0 Å². The van der Waals surface area contributed by atoms with Crippen molar-refractivity contribution in [3.8, 4) is 11.5 Å². The Hall–Kier alpha value is -3.27. The molecule has 1 amide bonds. The molecule has 0 aromatic heterocycles. The van der Waals surface area contributed by atoms with E-state index < -0.39 is 0 Å². The molecular weight excluding hydrogens is 338 g/mol. The van der Waals surface area contributed by atoms with Crippen LogP contribution in [0.2, 0.25) is 0 Å². The lowest BCUT2D eigenvalue weighted by Gasteiger charge is -2.13. The van der Waals surface area contributed by atoms with Gasteiger partial charge >= 0.3 is 0 Å². The van der Waals surface area contributed by atoms with Crippen LogP contribution in [-0.2, 0) is 6.61 Å². The van der Waals surface area contributed by atoms with Gasteiger partial charge in [0.1, 0.15) is 18.1 Å². The van der Waals surface area contributed by atoms with Crippen molar-refractivity contribution >= 4 is 11.6 Å². The predicted octanol–water partition coefficient (Wildman–Crippen LogP) is 5.31. The van der Waals surface area contributed by atoms with E-state index in [-0.39, 0.29) is 12.0 Å². The van der Waals surface area contributed by atoms with Gasteiger partial charge in [-0.05, 0) is 56.3 Å². The number of nitrogens with one attached hydrogen (secondary N) is 1. The first-order valence-electron chi connectivity index (χ1n) is 8.95. The van der Waals surface area contributed by atoms with Crippen molar-refractivity contribution in [2.75, 3.05) is 5.32 Å². The molecule has 4 nitrogen and oxygen atoms in total. The van der Waals surface area contributed by atoms with Gasteiger partial charge in [0.2, 0.25) is 0 Å². The van der Waals surface area contributed by atoms with Crippen LogP contribution in [0.15, 0.2) is 78.9 Å². The molecule has 0 aliphatic carbocycles. The van der Waals surface area contributed by atoms with E-state index in [1.807, 2.05) is 86.6 Å². The average Bonchev–Trinajstić information content (AvgIpc) is 2.68. The first-order valence-corrected chi connectivity index (χ1v) is 8.95. The Bertz CT molecular complexity index is 874. The number of hydrogen-bond donors (Lipinski definition) is 1. The summed E-state index contributed by atoms with van der Waals surface area (Å²) in [7, 11) is 0. The highest BCUT2D eigenvalue weighted by Crippen LogP contribution is 2.19. The summed E-state index contributed by atoms with van der Waals surface area (Å²) in [5.74, 6) is 1.38. The summed E-state index contributed by atoms with van der Waals surface area (Å²) >= 11 is 0. The second-order valence-corrected chi connectivity index (χ2v) is 6.40. The van der Waals surface area contributed by atoms with Crippen molar-refractivity contribution < 1.29 is 14.3 Å². The second kappa shape index (κ2) is 8.90. The van der Waals surface area contributed by atoms with Gasteiger partial charge in [0.25, 0.3) is 5.91 Å². The van der Waals surface area contributed by atoms with Crippen LogP contribution >= 0.6 is 0 Å². The summed E-state index contributed by atoms with van der Waals surface area (Å²) in [6.45, 7) is 4.28. The molecule has 3 aromatic carbocycles. The standard InChI is InChI=1S/C23H23NO3/c1-17(2)27-21-14-12-19(13-15-21)24-23(25)22-11-7-6-8-18(22)16-26-20-9-4-3-5-10-20/h3-15,17H,16H2,1-2H3,(H,24,25). The fraction of sp³-hybridized carbons (Fsp3) is 0.174. The van der Waals surface area contributed by atoms with E-state index in [0.29, 0.717) is 12.2 Å². The molecular formula is C23H23NO3. The van der Waals surface area contributed by atoms with Crippen molar-refractivity contribution in [2.24, 2.45) is 0 Å². The average molecular weight is 361 g/mol. The van der Waals surface area contributed by atoms with Gasteiger partial charge in [0.05, 0.1) is 6.10 Å². The zero-order valence-electron chi connectivity index (χ0n) is 15.5. The third-order valence-electron chi connectivity index (χ3n) is 3.88. The molecule has 0 spiro atoms. The minimum Gasteiger partial charge on any atom is -0.491 e. The van der Waals surface area contributed by atoms with Crippen LogP contribution < -0.4 is 14.8 Å². The minimum absolute atomic E-state index is 0.113. The third-order valence-corrected chi connectivity index (χ3v) is 3.88. The van der Waals surface area contributed by atoms with E-state index in [1.165, 1.54) is 0 Å². The quantitative estimate of drug-likeness (QED) is 0.621. The Morgan fingerprint density at radius 2 is 1.52 bits per heavy atom. The van der Waals surface area contributed by atoms with Crippen molar-refractivity contribution in [1.29, 1.82) is 0 Å². The maximum Gasteiger partial charge on any atom is 0.256 e. The largest absolute Gasteiger partial charge is 0.491 e. The van der Waals surface area contributed by atoms with E-state index in [0.717, 1.165) is 22.7 Å². The molecule has 0 atom stereocenters. The molecule has 0 bridgehead atoms. The van der Waals surface area contributed by atoms with Crippen LogP contribution in [0, 0.1) is 0 Å². The number of benzene rings is 3. The topological polar surface area (TPSA) is 47.6 Å². The number of carbonyl (C=O) groups excluding carboxylic acids is 1. The van der Waals surface area contributed by atoms with E-state index in [2.05, 4.69) is 5.32 Å². The summed E-state index contributed by atoms with van der Waals surface area (Å²) in [6.07, 6.45) is 0.113. The smallest absolute Gasteiger partial charge is 0.256 e. The third kappa shape index (κ3) is 5.35. The molecule has 0 aliphatic heterocycles. The highest BCUT2D eigenvalue weighted by molar-refractivity contribution is 6.05. The lowest BCUT2D eigenvalue weighted by Crippen LogP contribution is -2.15. The number of amides is 1. The van der Waals surface area contributed by atoms with E-state index in [9.17, 15) is 4.79 Å². The van der Waals surface area contributed by atoms with Crippen LogP contribution in [0.4, 0.5) is 5.69 Å². The number of anilines is 1. The fourth-order valence-corrected chi connectivity index (χ4v) is 2.63. The van der Waals surface area contributed by atoms with Gasteiger partial charge in [-0.3, -0.25) is 4.79 Å². The van der Waals surface area contributed by atoms with Crippen LogP contribution in [0.1, 0.15) is 29.8 Å². The zero-order valence-corrected chi connectivity index (χ0v) is 15.5. The van der Waals surface area contributed by atoms with Crippen LogP contribution in [0.5, 0.6) is 11.5 Å². The molecule has 1 N–H and O–H groups in total. The fourth-order valence-electron chi connectivity index (χ4n) is 2.63. The predicted molar refractivity (Wildman–Crippen MR) is 107 cm³/mol. The van der Waals surface area contributed by atoms with Crippen LogP contribution in [0.25, 0.3) is 0 Å². The summed E-state index contributed by atoms with van der Waals surface area (Å²) in [4.78, 5) is 12.7. The Kier molecular flexibility index (Phi) is 6.10. The van der Waals surface area contributed by atoms with Crippen molar-refractivity contribution in [1.82, 2.24) is 0 Å². The molecule has 0 radical (unpaired) electrons. The molecule has 0 heterocycles. The molecule has 0 saturated carbocycles. The highest BCUT2D eigenvalue weighted by atomic mass is 16.5. The first-order chi connectivity index (χ1) is 13.1. The number of hydrogen-bond acceptors (Lipinski definition) is 3. The number of ether oxygens (including phenoxy) is 2. The Morgan fingerprint density at radius 3 is 2.22 bits per heavy atom. The van der Waals surface area contributed by atoms with Crippen molar-refractivity contribution in [2.45, 2.75) is 26.6 Å². The van der Waals surface area contributed by atoms with Gasteiger partial charge in [-0.1, -0.05) is 36.4 Å². The maximum absolute atomic E-state index is 12.7. The van der Waals surface area contributed by atoms with Crippen LogP contribution in [0.3, 0.4) is 0 Å². The summed E-state index contributed by atoms with van der Waals surface area (Å²) in [6, 6.07) is 24.4. The highest BCUT2D eigenvalue weighted by Gasteiger charge is 2.12. The van der Waals surface area contributed by atoms with Crippen molar-refractivity contribution in [3.63, 3.8) is 0 Å². The molecule has 0 saturated heterocycles. The molecule has 3 aromatic rings. The van der Waals surface area contributed by atoms with Crippen molar-refractivity contribution in [3.05, 3.63) is 90.0 Å². The molecule has 0 unspecified atom stereocenters.